The number of aliphatic hydroxyl groups is 2. The Kier molecular flexibility index (Phi) is 4.89. The summed E-state index contributed by atoms with van der Waals surface area (Å²) in [5, 5.41) is 19.7. The highest BCUT2D eigenvalue weighted by Crippen LogP contribution is 2.22. The number of hydrogen-bond donors (Lipinski definition) is 2. The van der Waals surface area contributed by atoms with Crippen LogP contribution in [0.4, 0.5) is 0 Å². The van der Waals surface area contributed by atoms with Crippen LogP contribution in [0.1, 0.15) is 19.8 Å². The minimum absolute atomic E-state index is 0.0250. The van der Waals surface area contributed by atoms with E-state index in [1.165, 1.54) is 24.0 Å². The topological polar surface area (TPSA) is 94.9 Å². The molecule has 1 heterocycles. The zero-order valence-electron chi connectivity index (χ0n) is 12.5. The first kappa shape index (κ1) is 16.9. The molecule has 7 heteroatoms. The van der Waals surface area contributed by atoms with Gasteiger partial charge >= 0.3 is 0 Å². The summed E-state index contributed by atoms with van der Waals surface area (Å²) in [5.41, 5.74) is -1.20. The molecule has 1 fully saturated rings. The van der Waals surface area contributed by atoms with Gasteiger partial charge in [0, 0.05) is 19.5 Å². The highest BCUT2D eigenvalue weighted by Gasteiger charge is 2.37. The van der Waals surface area contributed by atoms with Gasteiger partial charge in [-0.3, -0.25) is 4.79 Å². The zero-order chi connectivity index (χ0) is 16.4. The van der Waals surface area contributed by atoms with Gasteiger partial charge in [0.25, 0.3) is 0 Å². The van der Waals surface area contributed by atoms with E-state index in [0.29, 0.717) is 6.54 Å². The fourth-order valence-electron chi connectivity index (χ4n) is 2.38. The fraction of sp³-hybridized carbons (Fsp3) is 0.533. The van der Waals surface area contributed by atoms with Gasteiger partial charge < -0.3 is 15.1 Å². The number of hydrogen-bond acceptors (Lipinski definition) is 5. The lowest BCUT2D eigenvalue weighted by atomic mass is 9.91. The maximum atomic E-state index is 12.1. The van der Waals surface area contributed by atoms with E-state index >= 15 is 0 Å². The maximum Gasteiger partial charge on any atom is 0.223 e. The Hall–Kier alpha value is -1.44. The quantitative estimate of drug-likeness (QED) is 0.823. The van der Waals surface area contributed by atoms with Crippen molar-refractivity contribution < 1.29 is 23.4 Å². The second-order valence-corrected chi connectivity index (χ2v) is 7.95. The molecule has 2 rings (SSSR count). The summed E-state index contributed by atoms with van der Waals surface area (Å²) in [6.07, 6.45) is -0.881. The van der Waals surface area contributed by atoms with Crippen LogP contribution >= 0.6 is 0 Å². The number of likely N-dealkylation sites (tertiary alicyclic amines) is 1. The third-order valence-electron chi connectivity index (χ3n) is 4.04. The van der Waals surface area contributed by atoms with Crippen LogP contribution in [0.3, 0.4) is 0 Å². The van der Waals surface area contributed by atoms with Crippen molar-refractivity contribution in [3.63, 3.8) is 0 Å². The number of aliphatic hydroxyl groups excluding tert-OH is 1. The van der Waals surface area contributed by atoms with Crippen LogP contribution in [0.2, 0.25) is 0 Å². The molecule has 0 spiro atoms. The molecule has 1 aromatic carbocycles. The van der Waals surface area contributed by atoms with E-state index in [0.717, 1.165) is 0 Å². The molecule has 1 aliphatic rings. The molecule has 2 atom stereocenters. The van der Waals surface area contributed by atoms with E-state index in [9.17, 15) is 23.4 Å². The lowest BCUT2D eigenvalue weighted by Gasteiger charge is -2.39. The standard InChI is InChI=1S/C15H21NO5S/c1-15(19)8-9-16(11-13(15)17)14(18)7-10-22(20,21)12-5-3-2-4-6-12/h2-6,13,17,19H,7-11H2,1H3/t13-,15-/m0/s1. The van der Waals surface area contributed by atoms with Gasteiger partial charge in [0.1, 0.15) is 0 Å². The van der Waals surface area contributed by atoms with Gasteiger partial charge in [0.15, 0.2) is 9.84 Å². The average molecular weight is 327 g/mol. The Balaban J connectivity index is 1.94. The Morgan fingerprint density at radius 3 is 2.59 bits per heavy atom. The maximum absolute atomic E-state index is 12.1. The number of nitrogens with zero attached hydrogens (tertiary/aromatic N) is 1. The molecule has 1 aliphatic heterocycles. The molecule has 1 aromatic rings. The van der Waals surface area contributed by atoms with E-state index in [2.05, 4.69) is 0 Å². The molecule has 0 saturated carbocycles. The first-order valence-corrected chi connectivity index (χ1v) is 8.84. The second-order valence-electron chi connectivity index (χ2n) is 5.84. The van der Waals surface area contributed by atoms with E-state index in [-0.39, 0.29) is 35.9 Å². The van der Waals surface area contributed by atoms with Gasteiger partial charge in [-0.15, -0.1) is 0 Å². The van der Waals surface area contributed by atoms with Crippen LogP contribution in [-0.4, -0.2) is 60.0 Å². The molecule has 0 unspecified atom stereocenters. The Morgan fingerprint density at radius 1 is 1.36 bits per heavy atom. The van der Waals surface area contributed by atoms with Crippen molar-refractivity contribution in [1.29, 1.82) is 0 Å². The first-order chi connectivity index (χ1) is 10.2. The molecule has 1 amide bonds. The van der Waals surface area contributed by atoms with Gasteiger partial charge in [-0.05, 0) is 25.5 Å². The number of carbonyl (C=O) groups is 1. The van der Waals surface area contributed by atoms with Crippen molar-refractivity contribution in [2.24, 2.45) is 0 Å². The van der Waals surface area contributed by atoms with Crippen molar-refractivity contribution in [3.8, 4) is 0 Å². The minimum atomic E-state index is -3.49. The molecular formula is C15H21NO5S. The summed E-state index contributed by atoms with van der Waals surface area (Å²) in [6, 6.07) is 8.00. The molecule has 0 aliphatic carbocycles. The van der Waals surface area contributed by atoms with Gasteiger partial charge in [0.05, 0.1) is 22.4 Å². The summed E-state index contributed by atoms with van der Waals surface area (Å²) in [4.78, 5) is 13.7. The van der Waals surface area contributed by atoms with Crippen molar-refractivity contribution >= 4 is 15.7 Å². The summed E-state index contributed by atoms with van der Waals surface area (Å²) in [7, 11) is -3.49. The Labute approximate surface area is 130 Å². The lowest BCUT2D eigenvalue weighted by molar-refractivity contribution is -0.145. The van der Waals surface area contributed by atoms with Crippen LogP contribution < -0.4 is 0 Å². The third-order valence-corrected chi connectivity index (χ3v) is 5.77. The number of amides is 1. The molecule has 2 N–H and O–H groups in total. The molecule has 22 heavy (non-hydrogen) atoms. The first-order valence-electron chi connectivity index (χ1n) is 7.18. The van der Waals surface area contributed by atoms with Crippen molar-refractivity contribution in [2.45, 2.75) is 36.4 Å². The highest BCUT2D eigenvalue weighted by atomic mass is 32.2. The van der Waals surface area contributed by atoms with Crippen LogP contribution in [0, 0.1) is 0 Å². The summed E-state index contributed by atoms with van der Waals surface area (Å²) in [6.45, 7) is 1.87. The van der Waals surface area contributed by atoms with Crippen molar-refractivity contribution in [2.75, 3.05) is 18.8 Å². The number of benzene rings is 1. The second kappa shape index (κ2) is 6.36. The average Bonchev–Trinajstić information content (AvgIpc) is 2.48. The van der Waals surface area contributed by atoms with Gasteiger partial charge in [0.2, 0.25) is 5.91 Å². The minimum Gasteiger partial charge on any atom is -0.388 e. The number of piperidine rings is 1. The monoisotopic (exact) mass is 327 g/mol. The lowest BCUT2D eigenvalue weighted by Crippen LogP contribution is -2.55. The van der Waals surface area contributed by atoms with Gasteiger partial charge in [-0.2, -0.15) is 0 Å². The fourth-order valence-corrected chi connectivity index (χ4v) is 3.63. The summed E-state index contributed by atoms with van der Waals surface area (Å²) in [5.74, 6) is -0.590. The van der Waals surface area contributed by atoms with Gasteiger partial charge in [-0.25, -0.2) is 8.42 Å². The van der Waals surface area contributed by atoms with E-state index in [1.54, 1.807) is 18.2 Å². The largest absolute Gasteiger partial charge is 0.388 e. The van der Waals surface area contributed by atoms with Crippen molar-refractivity contribution in [1.82, 2.24) is 4.90 Å². The predicted molar refractivity (Wildman–Crippen MR) is 80.9 cm³/mol. The predicted octanol–water partition coefficient (Wildman–Crippen LogP) is 0.195. The Morgan fingerprint density at radius 2 is 2.00 bits per heavy atom. The van der Waals surface area contributed by atoms with Crippen LogP contribution in [-0.2, 0) is 14.6 Å². The third kappa shape index (κ3) is 3.85. The van der Waals surface area contributed by atoms with Crippen LogP contribution in [0.25, 0.3) is 0 Å². The number of β-amino-alcohol motifs (C(OH)–C–C–N with tert-alkyl or cyclic N) is 1. The molecule has 6 nitrogen and oxygen atoms in total. The van der Waals surface area contributed by atoms with E-state index in [1.807, 2.05) is 0 Å². The smallest absolute Gasteiger partial charge is 0.223 e. The van der Waals surface area contributed by atoms with Crippen LogP contribution in [0.15, 0.2) is 35.2 Å². The molecule has 1 saturated heterocycles. The molecule has 0 radical (unpaired) electrons. The zero-order valence-corrected chi connectivity index (χ0v) is 13.3. The summed E-state index contributed by atoms with van der Waals surface area (Å²) >= 11 is 0. The van der Waals surface area contributed by atoms with E-state index < -0.39 is 21.5 Å². The number of carbonyl (C=O) groups excluding carboxylic acids is 1. The van der Waals surface area contributed by atoms with Gasteiger partial charge in [-0.1, -0.05) is 18.2 Å². The molecular weight excluding hydrogens is 306 g/mol. The SMILES string of the molecule is C[C@]1(O)CCN(C(=O)CCS(=O)(=O)c2ccccc2)C[C@@H]1O. The molecule has 0 aromatic heterocycles. The Bertz CT molecular complexity index is 627. The van der Waals surface area contributed by atoms with E-state index in [4.69, 9.17) is 0 Å². The summed E-state index contributed by atoms with van der Waals surface area (Å²) < 4.78 is 24.3. The number of sulfone groups is 1. The molecule has 122 valence electrons. The molecule has 0 bridgehead atoms. The highest BCUT2D eigenvalue weighted by molar-refractivity contribution is 7.91. The van der Waals surface area contributed by atoms with Crippen LogP contribution in [0.5, 0.6) is 0 Å². The van der Waals surface area contributed by atoms with Crippen molar-refractivity contribution in [3.05, 3.63) is 30.3 Å². The normalized spacial score (nSPS) is 26.0. The number of rotatable bonds is 4.